The Hall–Kier alpha value is -3.01. The van der Waals surface area contributed by atoms with Crippen LogP contribution < -0.4 is 5.32 Å². The van der Waals surface area contributed by atoms with Gasteiger partial charge in [-0.15, -0.1) is 0 Å². The first kappa shape index (κ1) is 18.4. The van der Waals surface area contributed by atoms with Gasteiger partial charge in [0.05, 0.1) is 24.6 Å². The van der Waals surface area contributed by atoms with Crippen molar-refractivity contribution in [1.29, 1.82) is 0 Å². The molecule has 3 aromatic heterocycles. The number of amides is 2. The first-order chi connectivity index (χ1) is 13.3. The van der Waals surface area contributed by atoms with Gasteiger partial charge in [-0.1, -0.05) is 11.6 Å². The molecule has 0 radical (unpaired) electrons. The van der Waals surface area contributed by atoms with E-state index in [2.05, 4.69) is 10.3 Å². The third-order valence-corrected chi connectivity index (χ3v) is 4.71. The van der Waals surface area contributed by atoms with E-state index in [4.69, 9.17) is 16.0 Å². The minimum Gasteiger partial charge on any atom is -0.472 e. The van der Waals surface area contributed by atoms with Gasteiger partial charge in [-0.2, -0.15) is 13.2 Å². The summed E-state index contributed by atoms with van der Waals surface area (Å²) in [6.45, 7) is 0.241. The normalized spacial score (nSPS) is 15.1. The fourth-order valence-electron chi connectivity index (χ4n) is 3.01. The van der Waals surface area contributed by atoms with Gasteiger partial charge in [0.25, 0.3) is 5.91 Å². The molecule has 7 nitrogen and oxygen atoms in total. The number of piperazine rings is 1. The Morgan fingerprint density at radius 1 is 1.32 bits per heavy atom. The molecule has 146 valence electrons. The SMILES string of the molecule is O=C1CN(C(=O)c2nc3c(C(F)(F)F)cc(-c4ccoc4)cn3c2Cl)CCN1. The summed E-state index contributed by atoms with van der Waals surface area (Å²) in [5.41, 5.74) is -1.26. The van der Waals surface area contributed by atoms with Crippen LogP contribution in [-0.4, -0.2) is 45.7 Å². The monoisotopic (exact) mass is 412 g/mol. The lowest BCUT2D eigenvalue weighted by atomic mass is 10.1. The molecule has 0 saturated carbocycles. The number of alkyl halides is 3. The number of nitrogens with one attached hydrogen (secondary N) is 1. The second kappa shape index (κ2) is 6.55. The number of hydrogen-bond acceptors (Lipinski definition) is 4. The van der Waals surface area contributed by atoms with E-state index >= 15 is 0 Å². The Bertz CT molecular complexity index is 1080. The van der Waals surface area contributed by atoms with Crippen LogP contribution in [0.4, 0.5) is 13.2 Å². The summed E-state index contributed by atoms with van der Waals surface area (Å²) in [6.07, 6.45) is -0.741. The van der Waals surface area contributed by atoms with Crippen LogP contribution in [0.15, 0.2) is 35.3 Å². The number of aromatic nitrogens is 2. The highest BCUT2D eigenvalue weighted by molar-refractivity contribution is 6.33. The average Bonchev–Trinajstić information content (AvgIpc) is 3.28. The second-order valence-corrected chi connectivity index (χ2v) is 6.53. The minimum absolute atomic E-state index is 0.198. The first-order valence-electron chi connectivity index (χ1n) is 8.13. The fourth-order valence-corrected chi connectivity index (χ4v) is 3.26. The third-order valence-electron chi connectivity index (χ3n) is 4.35. The van der Waals surface area contributed by atoms with Crippen molar-refractivity contribution in [2.24, 2.45) is 0 Å². The zero-order valence-electron chi connectivity index (χ0n) is 14.1. The predicted octanol–water partition coefficient (Wildman–Crippen LogP) is 2.84. The van der Waals surface area contributed by atoms with E-state index in [-0.39, 0.29) is 42.0 Å². The lowest BCUT2D eigenvalue weighted by molar-refractivity contribution is -0.136. The summed E-state index contributed by atoms with van der Waals surface area (Å²) in [6, 6.07) is 2.43. The first-order valence-corrected chi connectivity index (χ1v) is 8.51. The molecule has 1 N–H and O–H groups in total. The predicted molar refractivity (Wildman–Crippen MR) is 91.8 cm³/mol. The van der Waals surface area contributed by atoms with Crippen molar-refractivity contribution in [1.82, 2.24) is 19.6 Å². The maximum atomic E-state index is 13.6. The summed E-state index contributed by atoms with van der Waals surface area (Å²) >= 11 is 6.22. The van der Waals surface area contributed by atoms with Crippen molar-refractivity contribution in [2.75, 3.05) is 19.6 Å². The van der Waals surface area contributed by atoms with Gasteiger partial charge in [-0.3, -0.25) is 14.0 Å². The van der Waals surface area contributed by atoms with Crippen molar-refractivity contribution in [2.45, 2.75) is 6.18 Å². The molecular weight excluding hydrogens is 401 g/mol. The summed E-state index contributed by atoms with van der Waals surface area (Å²) in [4.78, 5) is 29.3. The Kier molecular flexibility index (Phi) is 4.30. The van der Waals surface area contributed by atoms with Crippen molar-refractivity contribution >= 4 is 29.1 Å². The van der Waals surface area contributed by atoms with Gasteiger partial charge >= 0.3 is 6.18 Å². The van der Waals surface area contributed by atoms with E-state index < -0.39 is 23.3 Å². The maximum Gasteiger partial charge on any atom is 0.420 e. The van der Waals surface area contributed by atoms with Gasteiger partial charge in [0, 0.05) is 30.4 Å². The summed E-state index contributed by atoms with van der Waals surface area (Å²) in [5, 5.41) is 2.30. The van der Waals surface area contributed by atoms with Crippen molar-refractivity contribution in [3.05, 3.63) is 47.3 Å². The molecule has 0 bridgehead atoms. The molecule has 0 atom stereocenters. The quantitative estimate of drug-likeness (QED) is 0.702. The number of rotatable bonds is 2. The van der Waals surface area contributed by atoms with Crippen LogP contribution >= 0.6 is 11.6 Å². The Morgan fingerprint density at radius 3 is 2.75 bits per heavy atom. The lowest BCUT2D eigenvalue weighted by Crippen LogP contribution is -2.50. The number of halogens is 4. The molecule has 11 heteroatoms. The van der Waals surface area contributed by atoms with Crippen LogP contribution in [0.25, 0.3) is 16.8 Å². The molecule has 1 aliphatic heterocycles. The van der Waals surface area contributed by atoms with Gasteiger partial charge in [0.2, 0.25) is 5.91 Å². The van der Waals surface area contributed by atoms with Crippen molar-refractivity contribution < 1.29 is 27.2 Å². The number of furan rings is 1. The summed E-state index contributed by atoms with van der Waals surface area (Å²) in [5.74, 6) is -1.07. The summed E-state index contributed by atoms with van der Waals surface area (Å²) < 4.78 is 46.8. The number of carbonyl (C=O) groups is 2. The molecule has 1 aliphatic rings. The Morgan fingerprint density at radius 2 is 2.11 bits per heavy atom. The molecule has 0 aromatic carbocycles. The highest BCUT2D eigenvalue weighted by Crippen LogP contribution is 2.37. The maximum absolute atomic E-state index is 13.6. The topological polar surface area (TPSA) is 79.9 Å². The number of pyridine rings is 1. The molecule has 28 heavy (non-hydrogen) atoms. The number of fused-ring (bicyclic) bond motifs is 1. The second-order valence-electron chi connectivity index (χ2n) is 6.17. The largest absolute Gasteiger partial charge is 0.472 e. The van der Waals surface area contributed by atoms with E-state index in [0.717, 1.165) is 10.5 Å². The minimum atomic E-state index is -4.72. The molecular formula is C17H12ClF3N4O3. The zero-order valence-corrected chi connectivity index (χ0v) is 14.8. The van der Waals surface area contributed by atoms with E-state index in [0.29, 0.717) is 5.56 Å². The van der Waals surface area contributed by atoms with Crippen LogP contribution in [-0.2, 0) is 11.0 Å². The van der Waals surface area contributed by atoms with Gasteiger partial charge < -0.3 is 14.6 Å². The van der Waals surface area contributed by atoms with E-state index in [1.54, 1.807) is 0 Å². The molecule has 2 amide bonds. The smallest absolute Gasteiger partial charge is 0.420 e. The highest BCUT2D eigenvalue weighted by atomic mass is 35.5. The fraction of sp³-hybridized carbons (Fsp3) is 0.235. The van der Waals surface area contributed by atoms with Gasteiger partial charge in [-0.25, -0.2) is 4.98 Å². The number of carbonyl (C=O) groups excluding carboxylic acids is 2. The van der Waals surface area contributed by atoms with Crippen LogP contribution in [0.5, 0.6) is 0 Å². The number of nitrogens with zero attached hydrogens (tertiary/aromatic N) is 3. The van der Waals surface area contributed by atoms with Crippen LogP contribution in [0.3, 0.4) is 0 Å². The molecule has 3 aromatic rings. The van der Waals surface area contributed by atoms with Crippen LogP contribution in [0.2, 0.25) is 5.15 Å². The molecule has 1 fully saturated rings. The molecule has 0 unspecified atom stereocenters. The number of hydrogen-bond donors (Lipinski definition) is 1. The zero-order chi connectivity index (χ0) is 20.1. The van der Waals surface area contributed by atoms with Gasteiger partial charge in [-0.05, 0) is 12.1 Å². The van der Waals surface area contributed by atoms with E-state index in [9.17, 15) is 22.8 Å². The molecule has 4 rings (SSSR count). The molecule has 1 saturated heterocycles. The highest BCUT2D eigenvalue weighted by Gasteiger charge is 2.37. The Labute approximate surface area is 160 Å². The standard InChI is InChI=1S/C17H12ClF3N4O3/c18-14-13(16(27)24-3-2-22-12(26)7-24)23-15-11(17(19,20)21)5-10(6-25(14)15)9-1-4-28-8-9/h1,4-6,8H,2-3,7H2,(H,22,26). The van der Waals surface area contributed by atoms with Gasteiger partial charge in [0.15, 0.2) is 11.3 Å². The third kappa shape index (κ3) is 3.09. The molecule has 0 aliphatic carbocycles. The van der Waals surface area contributed by atoms with E-state index in [1.807, 2.05) is 0 Å². The van der Waals surface area contributed by atoms with E-state index in [1.165, 1.54) is 29.7 Å². The van der Waals surface area contributed by atoms with Crippen LogP contribution in [0.1, 0.15) is 16.1 Å². The van der Waals surface area contributed by atoms with Crippen molar-refractivity contribution in [3.8, 4) is 11.1 Å². The average molecular weight is 413 g/mol. The molecule has 0 spiro atoms. The lowest BCUT2D eigenvalue weighted by Gasteiger charge is -2.25. The number of imidazole rings is 1. The van der Waals surface area contributed by atoms with Crippen LogP contribution in [0, 0.1) is 0 Å². The van der Waals surface area contributed by atoms with Crippen molar-refractivity contribution in [3.63, 3.8) is 0 Å². The van der Waals surface area contributed by atoms with Gasteiger partial charge in [0.1, 0.15) is 5.15 Å². The Balaban J connectivity index is 1.87. The molecule has 4 heterocycles. The summed E-state index contributed by atoms with van der Waals surface area (Å²) in [7, 11) is 0.